The molecule has 1 heterocycles. The lowest BCUT2D eigenvalue weighted by atomic mass is 10.0. The van der Waals surface area contributed by atoms with Crippen LogP contribution in [0.5, 0.6) is 5.75 Å². The van der Waals surface area contributed by atoms with E-state index in [1.807, 2.05) is 54.6 Å². The fourth-order valence-corrected chi connectivity index (χ4v) is 3.65. The van der Waals surface area contributed by atoms with Gasteiger partial charge in [-0.25, -0.2) is 9.79 Å². The van der Waals surface area contributed by atoms with Gasteiger partial charge in [-0.1, -0.05) is 54.6 Å². The number of hydrogen-bond acceptors (Lipinski definition) is 4. The molecule has 1 aliphatic rings. The van der Waals surface area contributed by atoms with Crippen LogP contribution in [0.2, 0.25) is 0 Å². The number of nitrogens with two attached hydrogens (primary N) is 1. The van der Waals surface area contributed by atoms with Gasteiger partial charge in [-0.3, -0.25) is 9.69 Å². The van der Waals surface area contributed by atoms with Gasteiger partial charge in [-0.2, -0.15) is 0 Å². The van der Waals surface area contributed by atoms with E-state index in [1.54, 1.807) is 31.3 Å². The molecule has 31 heavy (non-hydrogen) atoms. The first-order chi connectivity index (χ1) is 15.0. The summed E-state index contributed by atoms with van der Waals surface area (Å²) < 4.78 is 5.28. The second-order valence-electron chi connectivity index (χ2n) is 7.04. The average Bonchev–Trinajstić information content (AvgIpc) is 2.90. The van der Waals surface area contributed by atoms with Crippen molar-refractivity contribution >= 4 is 29.0 Å². The fraction of sp³-hybridized carbons (Fsp3) is 0.125. The number of benzodiazepines with no additional fused rings is 1. The number of para-hydroxylation sites is 1. The van der Waals surface area contributed by atoms with Crippen molar-refractivity contribution in [2.75, 3.05) is 24.0 Å². The number of urea groups is 1. The molecule has 3 aromatic rings. The van der Waals surface area contributed by atoms with Gasteiger partial charge >= 0.3 is 6.03 Å². The Morgan fingerprint density at radius 3 is 2.45 bits per heavy atom. The minimum atomic E-state index is -1.18. The van der Waals surface area contributed by atoms with E-state index < -0.39 is 12.2 Å². The van der Waals surface area contributed by atoms with Gasteiger partial charge in [-0.15, -0.1) is 0 Å². The van der Waals surface area contributed by atoms with Crippen LogP contribution in [0.3, 0.4) is 0 Å². The minimum absolute atomic E-state index is 0.375. The first-order valence-corrected chi connectivity index (χ1v) is 9.74. The molecule has 0 aromatic heterocycles. The zero-order valence-corrected chi connectivity index (χ0v) is 17.2. The van der Waals surface area contributed by atoms with Crippen molar-refractivity contribution in [1.29, 1.82) is 0 Å². The molecule has 1 atom stereocenters. The first-order valence-electron chi connectivity index (χ1n) is 9.74. The van der Waals surface area contributed by atoms with Crippen LogP contribution in [0.4, 0.5) is 16.2 Å². The summed E-state index contributed by atoms with van der Waals surface area (Å²) in [5, 5.41) is 0. The Morgan fingerprint density at radius 2 is 1.74 bits per heavy atom. The third kappa shape index (κ3) is 3.73. The van der Waals surface area contributed by atoms with E-state index in [0.29, 0.717) is 22.8 Å². The number of primary amides is 1. The highest BCUT2D eigenvalue weighted by molar-refractivity contribution is 6.21. The normalized spacial score (nSPS) is 15.5. The summed E-state index contributed by atoms with van der Waals surface area (Å²) >= 11 is 0. The van der Waals surface area contributed by atoms with Gasteiger partial charge in [-0.05, 0) is 18.2 Å². The molecule has 2 N–H and O–H groups in total. The molecule has 0 radical (unpaired) electrons. The second kappa shape index (κ2) is 8.31. The molecule has 1 aliphatic heterocycles. The maximum Gasteiger partial charge on any atom is 0.321 e. The number of ether oxygens (including phenoxy) is 1. The lowest BCUT2D eigenvalue weighted by Crippen LogP contribution is -2.51. The number of rotatable bonds is 4. The van der Waals surface area contributed by atoms with E-state index in [2.05, 4.69) is 0 Å². The number of hydrogen-bond donors (Lipinski definition) is 1. The van der Waals surface area contributed by atoms with E-state index in [1.165, 1.54) is 16.9 Å². The SMILES string of the molecule is COc1cccc(N(C(N)=O)[C@H]2N=C(c3ccccc3)c3ccccc3N(C)C2=O)c1. The van der Waals surface area contributed by atoms with Crippen LogP contribution < -0.4 is 20.3 Å². The zero-order valence-electron chi connectivity index (χ0n) is 17.2. The third-order valence-electron chi connectivity index (χ3n) is 5.18. The van der Waals surface area contributed by atoms with Crippen molar-refractivity contribution in [3.05, 3.63) is 90.0 Å². The van der Waals surface area contributed by atoms with E-state index in [9.17, 15) is 9.59 Å². The minimum Gasteiger partial charge on any atom is -0.497 e. The van der Waals surface area contributed by atoms with E-state index in [-0.39, 0.29) is 5.91 Å². The molecule has 7 nitrogen and oxygen atoms in total. The number of fused-ring (bicyclic) bond motifs is 1. The number of carbonyl (C=O) groups excluding carboxylic acids is 2. The van der Waals surface area contributed by atoms with Crippen LogP contribution in [0.25, 0.3) is 0 Å². The van der Waals surface area contributed by atoms with Crippen LogP contribution in [-0.2, 0) is 4.79 Å². The Hall–Kier alpha value is -4.13. The number of amides is 3. The molecule has 0 unspecified atom stereocenters. The van der Waals surface area contributed by atoms with Crippen molar-refractivity contribution in [3.8, 4) is 5.75 Å². The van der Waals surface area contributed by atoms with Crippen molar-refractivity contribution in [3.63, 3.8) is 0 Å². The summed E-state index contributed by atoms with van der Waals surface area (Å²) in [6, 6.07) is 23.1. The topological polar surface area (TPSA) is 88.2 Å². The van der Waals surface area contributed by atoms with Crippen molar-refractivity contribution in [2.45, 2.75) is 6.17 Å². The molecular weight excluding hydrogens is 392 g/mol. The van der Waals surface area contributed by atoms with Gasteiger partial charge in [0.15, 0.2) is 0 Å². The standard InChI is InChI=1S/C24H22N4O3/c1-27-20-14-7-6-13-19(20)21(16-9-4-3-5-10-16)26-22(23(27)29)28(24(25)30)17-11-8-12-18(15-17)31-2/h3-15,22H,1-2H3,(H2,25,30)/t22-/m1/s1. The summed E-state index contributed by atoms with van der Waals surface area (Å²) in [7, 11) is 3.20. The Morgan fingerprint density at radius 1 is 1.03 bits per heavy atom. The number of likely N-dealkylation sites (N-methyl/N-ethyl adjacent to an activating group) is 1. The summed E-state index contributed by atoms with van der Waals surface area (Å²) in [4.78, 5) is 33.5. The highest BCUT2D eigenvalue weighted by Gasteiger charge is 2.36. The molecule has 3 aromatic carbocycles. The van der Waals surface area contributed by atoms with Crippen LogP contribution in [-0.4, -0.2) is 38.0 Å². The average molecular weight is 414 g/mol. The molecule has 0 bridgehead atoms. The lowest BCUT2D eigenvalue weighted by molar-refractivity contribution is -0.119. The second-order valence-corrected chi connectivity index (χ2v) is 7.04. The van der Waals surface area contributed by atoms with Crippen LogP contribution in [0.15, 0.2) is 83.9 Å². The summed E-state index contributed by atoms with van der Waals surface area (Å²) in [5.41, 5.74) is 9.09. The van der Waals surface area contributed by atoms with Gasteiger partial charge < -0.3 is 15.4 Å². The number of anilines is 2. The largest absolute Gasteiger partial charge is 0.497 e. The van der Waals surface area contributed by atoms with Crippen molar-refractivity contribution in [1.82, 2.24) is 0 Å². The van der Waals surface area contributed by atoms with Gasteiger partial charge in [0, 0.05) is 24.2 Å². The maximum atomic E-state index is 13.5. The highest BCUT2D eigenvalue weighted by atomic mass is 16.5. The predicted molar refractivity (Wildman–Crippen MR) is 121 cm³/mol. The maximum absolute atomic E-state index is 13.5. The monoisotopic (exact) mass is 414 g/mol. The Balaban J connectivity index is 1.93. The summed E-state index contributed by atoms with van der Waals surface area (Å²) in [6.07, 6.45) is -1.18. The van der Waals surface area contributed by atoms with Crippen LogP contribution in [0.1, 0.15) is 11.1 Å². The van der Waals surface area contributed by atoms with Gasteiger partial charge in [0.2, 0.25) is 6.17 Å². The van der Waals surface area contributed by atoms with Crippen LogP contribution in [0, 0.1) is 0 Å². The number of carbonyl (C=O) groups is 2. The molecule has 0 saturated carbocycles. The Kier molecular flexibility index (Phi) is 5.41. The molecule has 3 amide bonds. The molecule has 156 valence electrons. The molecule has 0 spiro atoms. The molecule has 0 saturated heterocycles. The lowest BCUT2D eigenvalue weighted by Gasteiger charge is -2.29. The number of methoxy groups -OCH3 is 1. The molecular formula is C24H22N4O3. The Bertz CT molecular complexity index is 1160. The fourth-order valence-electron chi connectivity index (χ4n) is 3.65. The Labute approximate surface area is 180 Å². The smallest absolute Gasteiger partial charge is 0.321 e. The van der Waals surface area contributed by atoms with E-state index in [4.69, 9.17) is 15.5 Å². The van der Waals surface area contributed by atoms with E-state index in [0.717, 1.165) is 11.1 Å². The number of aliphatic imine (C=N–C) groups is 1. The van der Waals surface area contributed by atoms with Gasteiger partial charge in [0.25, 0.3) is 5.91 Å². The van der Waals surface area contributed by atoms with Crippen molar-refractivity contribution < 1.29 is 14.3 Å². The number of nitrogens with zero attached hydrogens (tertiary/aromatic N) is 3. The summed E-state index contributed by atoms with van der Waals surface area (Å²) in [5.74, 6) is 0.161. The van der Waals surface area contributed by atoms with E-state index >= 15 is 0 Å². The first kappa shape index (κ1) is 20.2. The van der Waals surface area contributed by atoms with Gasteiger partial charge in [0.1, 0.15) is 5.75 Å². The van der Waals surface area contributed by atoms with Crippen LogP contribution >= 0.6 is 0 Å². The highest BCUT2D eigenvalue weighted by Crippen LogP contribution is 2.31. The molecule has 0 aliphatic carbocycles. The summed E-state index contributed by atoms with van der Waals surface area (Å²) in [6.45, 7) is 0. The zero-order chi connectivity index (χ0) is 22.0. The third-order valence-corrected chi connectivity index (χ3v) is 5.18. The number of benzene rings is 3. The molecule has 0 fully saturated rings. The van der Waals surface area contributed by atoms with Crippen molar-refractivity contribution in [2.24, 2.45) is 10.7 Å². The molecule has 4 rings (SSSR count). The molecule has 7 heteroatoms. The van der Waals surface area contributed by atoms with Gasteiger partial charge in [0.05, 0.1) is 24.2 Å². The predicted octanol–water partition coefficient (Wildman–Crippen LogP) is 3.42. The quantitative estimate of drug-likeness (QED) is 0.710.